The maximum Gasteiger partial charge on any atom is 0.156 e. The number of hydrogen-bond acceptors (Lipinski definition) is 3. The molecule has 0 spiro atoms. The number of hydrogen-bond donors (Lipinski definition) is 2. The van der Waals surface area contributed by atoms with Crippen LogP contribution < -0.4 is 4.74 Å². The molecule has 3 unspecified atom stereocenters. The minimum Gasteiger partial charge on any atom is -0.494 e. The Morgan fingerprint density at radius 1 is 1.16 bits per heavy atom. The molecule has 0 aliphatic rings. The van der Waals surface area contributed by atoms with E-state index in [4.69, 9.17) is 27.9 Å². The molecule has 0 amide bonds. The van der Waals surface area contributed by atoms with Gasteiger partial charge in [0, 0.05) is 0 Å². The smallest absolute Gasteiger partial charge is 0.156 e. The van der Waals surface area contributed by atoms with E-state index in [9.17, 15) is 10.2 Å². The van der Waals surface area contributed by atoms with Crippen molar-refractivity contribution in [3.05, 3.63) is 27.7 Å². The van der Waals surface area contributed by atoms with E-state index in [2.05, 4.69) is 0 Å². The summed E-state index contributed by atoms with van der Waals surface area (Å²) in [5.74, 6) is 0.491. The Morgan fingerprint density at radius 2 is 1.68 bits per heavy atom. The maximum absolute atomic E-state index is 9.85. The summed E-state index contributed by atoms with van der Waals surface area (Å²) in [7, 11) is 1.51. The SMILES string of the molecule is CCC(O)C(O)CC(C)c1cc(Cl)c(OC)c(Cl)c1. The molecule has 0 fully saturated rings. The summed E-state index contributed by atoms with van der Waals surface area (Å²) in [6, 6.07) is 3.56. The van der Waals surface area contributed by atoms with Crippen LogP contribution in [0.15, 0.2) is 12.1 Å². The van der Waals surface area contributed by atoms with Crippen LogP contribution in [0, 0.1) is 0 Å². The van der Waals surface area contributed by atoms with Crippen molar-refractivity contribution in [1.29, 1.82) is 0 Å². The van der Waals surface area contributed by atoms with Crippen molar-refractivity contribution in [3.8, 4) is 5.75 Å². The Hall–Kier alpha value is -0.480. The fourth-order valence-electron chi connectivity index (χ4n) is 1.99. The molecule has 2 N–H and O–H groups in total. The second-order valence-corrected chi connectivity index (χ2v) is 5.51. The van der Waals surface area contributed by atoms with Crippen molar-refractivity contribution >= 4 is 23.2 Å². The number of aliphatic hydroxyl groups excluding tert-OH is 2. The molecule has 3 nitrogen and oxygen atoms in total. The Balaban J connectivity index is 2.86. The first-order chi connectivity index (χ1) is 8.90. The molecule has 19 heavy (non-hydrogen) atoms. The lowest BCUT2D eigenvalue weighted by atomic mass is 9.92. The quantitative estimate of drug-likeness (QED) is 0.844. The fraction of sp³-hybridized carbons (Fsp3) is 0.571. The zero-order chi connectivity index (χ0) is 14.6. The summed E-state index contributed by atoms with van der Waals surface area (Å²) in [6.45, 7) is 3.79. The topological polar surface area (TPSA) is 49.7 Å². The van der Waals surface area contributed by atoms with Gasteiger partial charge >= 0.3 is 0 Å². The summed E-state index contributed by atoms with van der Waals surface area (Å²) >= 11 is 12.2. The molecule has 108 valence electrons. The first-order valence-corrected chi connectivity index (χ1v) is 7.05. The third-order valence-electron chi connectivity index (χ3n) is 3.25. The number of rotatable bonds is 6. The summed E-state index contributed by atoms with van der Waals surface area (Å²) < 4.78 is 5.09. The molecule has 1 aromatic carbocycles. The standard InChI is InChI=1S/C14H20Cl2O3/c1-4-12(17)13(18)5-8(2)9-6-10(15)14(19-3)11(16)7-9/h6-8,12-13,17-18H,4-5H2,1-3H3. The van der Waals surface area contributed by atoms with Crippen LogP contribution in [0.25, 0.3) is 0 Å². The molecular formula is C14H20Cl2O3. The monoisotopic (exact) mass is 306 g/mol. The van der Waals surface area contributed by atoms with Crippen molar-refractivity contribution in [2.45, 2.75) is 44.8 Å². The van der Waals surface area contributed by atoms with Crippen LogP contribution in [0.3, 0.4) is 0 Å². The number of aliphatic hydroxyl groups is 2. The lowest BCUT2D eigenvalue weighted by Gasteiger charge is -2.21. The van der Waals surface area contributed by atoms with E-state index in [1.807, 2.05) is 13.8 Å². The minimum atomic E-state index is -0.750. The number of halogens is 2. The van der Waals surface area contributed by atoms with Gasteiger partial charge in [-0.2, -0.15) is 0 Å². The molecule has 5 heteroatoms. The van der Waals surface area contributed by atoms with Gasteiger partial charge in [0.25, 0.3) is 0 Å². The summed E-state index contributed by atoms with van der Waals surface area (Å²) in [5.41, 5.74) is 0.915. The maximum atomic E-state index is 9.85. The van der Waals surface area contributed by atoms with Crippen molar-refractivity contribution in [3.63, 3.8) is 0 Å². The second kappa shape index (κ2) is 7.34. The van der Waals surface area contributed by atoms with Crippen LogP contribution in [0.2, 0.25) is 10.0 Å². The molecule has 3 atom stereocenters. The Morgan fingerprint density at radius 3 is 2.11 bits per heavy atom. The van der Waals surface area contributed by atoms with Gasteiger partial charge in [-0.05, 0) is 36.5 Å². The van der Waals surface area contributed by atoms with Gasteiger partial charge in [-0.1, -0.05) is 37.0 Å². The van der Waals surface area contributed by atoms with Crippen LogP contribution in [0.4, 0.5) is 0 Å². The van der Waals surface area contributed by atoms with Crippen LogP contribution in [0.1, 0.15) is 38.2 Å². The number of benzene rings is 1. The van der Waals surface area contributed by atoms with E-state index >= 15 is 0 Å². The Labute approximate surface area is 124 Å². The zero-order valence-corrected chi connectivity index (χ0v) is 12.9. The largest absolute Gasteiger partial charge is 0.494 e. The van der Waals surface area contributed by atoms with Gasteiger partial charge < -0.3 is 14.9 Å². The highest BCUT2D eigenvalue weighted by Crippen LogP contribution is 2.37. The van der Waals surface area contributed by atoms with E-state index in [0.717, 1.165) is 5.56 Å². The molecule has 0 saturated heterocycles. The predicted molar refractivity (Wildman–Crippen MR) is 78.4 cm³/mol. The normalized spacial score (nSPS) is 15.9. The summed E-state index contributed by atoms with van der Waals surface area (Å²) in [6.07, 6.45) is -0.474. The van der Waals surface area contributed by atoms with Gasteiger partial charge in [0.2, 0.25) is 0 Å². The molecule has 0 saturated carbocycles. The molecule has 1 aromatic rings. The van der Waals surface area contributed by atoms with E-state index in [-0.39, 0.29) is 5.92 Å². The third-order valence-corrected chi connectivity index (χ3v) is 3.81. The molecule has 0 aromatic heterocycles. The highest BCUT2D eigenvalue weighted by atomic mass is 35.5. The zero-order valence-electron chi connectivity index (χ0n) is 11.4. The second-order valence-electron chi connectivity index (χ2n) is 4.70. The lowest BCUT2D eigenvalue weighted by molar-refractivity contribution is 0.00953. The molecule has 0 bridgehead atoms. The van der Waals surface area contributed by atoms with Gasteiger partial charge in [-0.25, -0.2) is 0 Å². The third kappa shape index (κ3) is 4.25. The van der Waals surface area contributed by atoms with E-state index in [0.29, 0.717) is 28.6 Å². The first-order valence-electron chi connectivity index (χ1n) is 6.29. The van der Waals surface area contributed by atoms with Crippen molar-refractivity contribution in [2.75, 3.05) is 7.11 Å². The van der Waals surface area contributed by atoms with Crippen molar-refractivity contribution < 1.29 is 14.9 Å². The molecule has 1 rings (SSSR count). The average Bonchev–Trinajstić information content (AvgIpc) is 2.37. The molecule has 0 aliphatic heterocycles. The summed E-state index contributed by atoms with van der Waals surface area (Å²) in [4.78, 5) is 0. The van der Waals surface area contributed by atoms with E-state index in [1.54, 1.807) is 12.1 Å². The lowest BCUT2D eigenvalue weighted by Crippen LogP contribution is -2.26. The van der Waals surface area contributed by atoms with Crippen LogP contribution in [-0.4, -0.2) is 29.5 Å². The van der Waals surface area contributed by atoms with Crippen LogP contribution >= 0.6 is 23.2 Å². The number of ether oxygens (including phenoxy) is 1. The van der Waals surface area contributed by atoms with Gasteiger partial charge in [0.15, 0.2) is 5.75 Å². The van der Waals surface area contributed by atoms with Gasteiger partial charge in [-0.3, -0.25) is 0 Å². The van der Waals surface area contributed by atoms with E-state index < -0.39 is 12.2 Å². The van der Waals surface area contributed by atoms with Crippen LogP contribution in [0.5, 0.6) is 5.75 Å². The average molecular weight is 307 g/mol. The molecular weight excluding hydrogens is 287 g/mol. The minimum absolute atomic E-state index is 0.0390. The highest BCUT2D eigenvalue weighted by molar-refractivity contribution is 6.37. The highest BCUT2D eigenvalue weighted by Gasteiger charge is 2.20. The number of methoxy groups -OCH3 is 1. The van der Waals surface area contributed by atoms with Crippen molar-refractivity contribution in [2.24, 2.45) is 0 Å². The van der Waals surface area contributed by atoms with Crippen LogP contribution in [-0.2, 0) is 0 Å². The summed E-state index contributed by atoms with van der Waals surface area (Å²) in [5, 5.41) is 20.3. The van der Waals surface area contributed by atoms with Gasteiger partial charge in [0.05, 0.1) is 29.4 Å². The first kappa shape index (κ1) is 16.6. The molecule has 0 heterocycles. The van der Waals surface area contributed by atoms with E-state index in [1.165, 1.54) is 7.11 Å². The van der Waals surface area contributed by atoms with Gasteiger partial charge in [0.1, 0.15) is 0 Å². The molecule has 0 radical (unpaired) electrons. The van der Waals surface area contributed by atoms with Crippen molar-refractivity contribution in [1.82, 2.24) is 0 Å². The Bertz CT molecular complexity index is 400. The molecule has 0 aliphatic carbocycles. The fourth-order valence-corrected chi connectivity index (χ4v) is 2.64. The predicted octanol–water partition coefficient (Wildman–Crippen LogP) is 3.63. The van der Waals surface area contributed by atoms with Gasteiger partial charge in [-0.15, -0.1) is 0 Å². The Kier molecular flexibility index (Phi) is 6.40.